The number of methoxy groups -OCH3 is 3. The third-order valence-corrected chi connectivity index (χ3v) is 6.57. The maximum Gasteiger partial charge on any atom is 0.229 e. The number of nitrogens with one attached hydrogen (secondary N) is 3. The number of carbonyl (C=O) groups is 1. The van der Waals surface area contributed by atoms with Gasteiger partial charge in [0.15, 0.2) is 23.1 Å². The Morgan fingerprint density at radius 3 is 2.42 bits per heavy atom. The Morgan fingerprint density at radius 2 is 1.82 bits per heavy atom. The molecule has 0 saturated carbocycles. The molecule has 0 aliphatic heterocycles. The summed E-state index contributed by atoms with van der Waals surface area (Å²) in [4.78, 5) is 19.4. The molecule has 1 unspecified atom stereocenters. The van der Waals surface area contributed by atoms with Crippen molar-refractivity contribution in [3.63, 3.8) is 0 Å². The molecule has 12 nitrogen and oxygen atoms in total. The predicted octanol–water partition coefficient (Wildman–Crippen LogP) is 3.56. The molecule has 0 fully saturated rings. The highest BCUT2D eigenvalue weighted by Gasteiger charge is 2.17. The summed E-state index contributed by atoms with van der Waals surface area (Å²) >= 11 is -2.52. The summed E-state index contributed by atoms with van der Waals surface area (Å²) in [5.41, 5.74) is 2.43. The average Bonchev–Trinajstić information content (AvgIpc) is 2.92. The van der Waals surface area contributed by atoms with Crippen LogP contribution in [-0.4, -0.2) is 63.4 Å². The maximum absolute atomic E-state index is 14.8. The molecule has 3 rings (SSSR count). The molecule has 216 valence electrons. The number of aryl methyl sites for hydroxylation is 1. The van der Waals surface area contributed by atoms with Crippen LogP contribution in [0.3, 0.4) is 0 Å². The first-order valence-corrected chi connectivity index (χ1v) is 13.2. The Hall–Kier alpha value is -4.01. The van der Waals surface area contributed by atoms with E-state index in [2.05, 4.69) is 25.9 Å². The molecule has 14 heteroatoms. The Balaban J connectivity index is 1.85. The first-order valence-electron chi connectivity index (χ1n) is 12.2. The zero-order valence-electron chi connectivity index (χ0n) is 22.9. The Morgan fingerprint density at radius 1 is 1.12 bits per heavy atom. The Kier molecular flexibility index (Phi) is 11.0. The van der Waals surface area contributed by atoms with Gasteiger partial charge in [0, 0.05) is 61.3 Å². The van der Waals surface area contributed by atoms with Gasteiger partial charge in [-0.25, -0.2) is 13.7 Å². The van der Waals surface area contributed by atoms with Crippen LogP contribution in [-0.2, 0) is 22.6 Å². The summed E-state index contributed by atoms with van der Waals surface area (Å²) in [7, 11) is 4.47. The first kappa shape index (κ1) is 30.5. The van der Waals surface area contributed by atoms with Gasteiger partial charge in [0.2, 0.25) is 17.6 Å². The van der Waals surface area contributed by atoms with Crippen LogP contribution in [0.5, 0.6) is 17.2 Å². The molecule has 40 heavy (non-hydrogen) atoms. The monoisotopic (exact) mass is 575 g/mol. The highest BCUT2D eigenvalue weighted by atomic mass is 32.2. The molecule has 1 amide bonds. The minimum Gasteiger partial charge on any atom is -0.760 e. The van der Waals surface area contributed by atoms with Gasteiger partial charge in [-0.2, -0.15) is 4.98 Å². The number of amides is 1. The summed E-state index contributed by atoms with van der Waals surface area (Å²) in [6.07, 6.45) is 1.45. The van der Waals surface area contributed by atoms with E-state index in [9.17, 15) is 17.9 Å². The van der Waals surface area contributed by atoms with Gasteiger partial charge < -0.3 is 34.7 Å². The van der Waals surface area contributed by atoms with Gasteiger partial charge in [0.1, 0.15) is 0 Å². The van der Waals surface area contributed by atoms with Crippen LogP contribution in [0.4, 0.5) is 27.5 Å². The Bertz CT molecular complexity index is 1340. The highest BCUT2D eigenvalue weighted by molar-refractivity contribution is 7.76. The maximum atomic E-state index is 14.8. The number of nitrogens with zero attached hydrogens (tertiary/aromatic N) is 3. The van der Waals surface area contributed by atoms with E-state index in [1.165, 1.54) is 32.6 Å². The number of halogens is 1. The second kappa shape index (κ2) is 14.4. The lowest BCUT2D eigenvalue weighted by molar-refractivity contribution is -0.118. The van der Waals surface area contributed by atoms with E-state index >= 15 is 0 Å². The molecular formula is C26H32FN6O6S-. The van der Waals surface area contributed by atoms with Crippen molar-refractivity contribution < 1.29 is 32.2 Å². The molecule has 2 aromatic carbocycles. The Labute approximate surface area is 234 Å². The predicted molar refractivity (Wildman–Crippen MR) is 148 cm³/mol. The van der Waals surface area contributed by atoms with Gasteiger partial charge in [-0.3, -0.25) is 9.00 Å². The normalized spacial score (nSPS) is 11.6. The van der Waals surface area contributed by atoms with Crippen molar-refractivity contribution in [2.75, 3.05) is 45.1 Å². The molecule has 0 aliphatic carbocycles. The second-order valence-electron chi connectivity index (χ2n) is 8.57. The largest absolute Gasteiger partial charge is 0.760 e. The molecule has 1 heterocycles. The summed E-state index contributed by atoms with van der Waals surface area (Å²) in [5.74, 6) is 0.310. The van der Waals surface area contributed by atoms with Crippen LogP contribution >= 0.6 is 0 Å². The smallest absolute Gasteiger partial charge is 0.229 e. The van der Waals surface area contributed by atoms with Crippen molar-refractivity contribution in [1.82, 2.24) is 19.6 Å². The molecule has 0 aliphatic rings. The molecule has 1 aromatic heterocycles. The van der Waals surface area contributed by atoms with Gasteiger partial charge in [0.25, 0.3) is 0 Å². The highest BCUT2D eigenvalue weighted by Crippen LogP contribution is 2.40. The minimum absolute atomic E-state index is 0.0361. The molecule has 1 atom stereocenters. The molecular weight excluding hydrogens is 543 g/mol. The van der Waals surface area contributed by atoms with Crippen molar-refractivity contribution >= 4 is 40.3 Å². The van der Waals surface area contributed by atoms with E-state index in [1.54, 1.807) is 24.3 Å². The van der Waals surface area contributed by atoms with Crippen molar-refractivity contribution in [3.8, 4) is 17.2 Å². The summed E-state index contributed by atoms with van der Waals surface area (Å²) in [6.45, 7) is 3.79. The van der Waals surface area contributed by atoms with E-state index in [-0.39, 0.29) is 30.8 Å². The number of ether oxygens (including phenoxy) is 3. The third kappa shape index (κ3) is 8.00. The number of benzene rings is 2. The standard InChI is InChI=1S/C26H33FN6O6S/c1-16-8-6-9-21(19(16)15-33(40(35)36)11-7-10-28-17(2)34)31-25-20(27)14-29-26(32-25)30-18-12-22(37-3)24(39-5)23(13-18)38-4/h6,8-9,12-14H,7,10-11,15H2,1-5H3,(H,28,34)(H,35,36)(H2,29,30,31,32)/p-1. The summed E-state index contributed by atoms with van der Waals surface area (Å²) in [5, 5.41) is 8.63. The van der Waals surface area contributed by atoms with Crippen LogP contribution in [0.25, 0.3) is 0 Å². The average molecular weight is 576 g/mol. The SMILES string of the molecule is COc1cc(Nc2ncc(F)c(Nc3cccc(C)c3CN(CCCNC(C)=O)S(=O)[O-])n2)cc(OC)c1OC. The topological polar surface area (TPSA) is 150 Å². The lowest BCUT2D eigenvalue weighted by Crippen LogP contribution is -2.30. The van der Waals surface area contributed by atoms with Gasteiger partial charge in [0.05, 0.1) is 27.5 Å². The quantitative estimate of drug-likeness (QED) is 0.192. The van der Waals surface area contributed by atoms with Crippen molar-refractivity contribution in [1.29, 1.82) is 0 Å². The third-order valence-electron chi connectivity index (χ3n) is 5.83. The molecule has 0 bridgehead atoms. The number of hydrogen-bond acceptors (Lipinski definition) is 10. The van der Waals surface area contributed by atoms with E-state index < -0.39 is 17.1 Å². The van der Waals surface area contributed by atoms with Crippen molar-refractivity contribution in [3.05, 3.63) is 53.5 Å². The van der Waals surface area contributed by atoms with Crippen LogP contribution in [0.15, 0.2) is 36.5 Å². The van der Waals surface area contributed by atoms with E-state index in [0.717, 1.165) is 11.8 Å². The second-order valence-corrected chi connectivity index (χ2v) is 9.52. The van der Waals surface area contributed by atoms with Gasteiger partial charge in [-0.1, -0.05) is 12.1 Å². The number of anilines is 4. The van der Waals surface area contributed by atoms with E-state index in [0.29, 0.717) is 47.2 Å². The molecule has 3 N–H and O–H groups in total. The van der Waals surface area contributed by atoms with Crippen molar-refractivity contribution in [2.24, 2.45) is 0 Å². The molecule has 0 spiro atoms. The molecule has 3 aromatic rings. The number of hydrogen-bond donors (Lipinski definition) is 3. The van der Waals surface area contributed by atoms with E-state index in [1.807, 2.05) is 13.0 Å². The van der Waals surface area contributed by atoms with Crippen LogP contribution in [0.1, 0.15) is 24.5 Å². The lowest BCUT2D eigenvalue weighted by Gasteiger charge is -2.26. The van der Waals surface area contributed by atoms with Crippen LogP contribution < -0.4 is 30.2 Å². The fraction of sp³-hybridized carbons (Fsp3) is 0.346. The molecule has 0 radical (unpaired) electrons. The number of aromatic nitrogens is 2. The summed E-state index contributed by atoms with van der Waals surface area (Å²) in [6, 6.07) is 8.62. The lowest BCUT2D eigenvalue weighted by atomic mass is 10.1. The fourth-order valence-electron chi connectivity index (χ4n) is 3.86. The molecule has 0 saturated heterocycles. The first-order chi connectivity index (χ1) is 19.2. The fourth-order valence-corrected chi connectivity index (χ4v) is 4.37. The van der Waals surface area contributed by atoms with Gasteiger partial charge >= 0.3 is 0 Å². The van der Waals surface area contributed by atoms with E-state index in [4.69, 9.17) is 14.2 Å². The zero-order valence-corrected chi connectivity index (χ0v) is 23.7. The minimum atomic E-state index is -2.52. The van der Waals surface area contributed by atoms with Gasteiger partial charge in [-0.05, 0) is 30.5 Å². The number of carbonyl (C=O) groups excluding carboxylic acids is 1. The van der Waals surface area contributed by atoms with Crippen LogP contribution in [0.2, 0.25) is 0 Å². The summed E-state index contributed by atoms with van der Waals surface area (Å²) < 4.78 is 56.0. The van der Waals surface area contributed by atoms with Gasteiger partial charge in [-0.15, -0.1) is 0 Å². The number of rotatable bonds is 14. The van der Waals surface area contributed by atoms with Crippen molar-refractivity contribution in [2.45, 2.75) is 26.8 Å². The van der Waals surface area contributed by atoms with Crippen LogP contribution in [0, 0.1) is 12.7 Å². The zero-order chi connectivity index (χ0) is 29.2.